The van der Waals surface area contributed by atoms with Crippen LogP contribution in [0.5, 0.6) is 0 Å². The number of nitrogens with two attached hydrogens (primary N) is 1. The Hall–Kier alpha value is -4.12. The second kappa shape index (κ2) is 9.07. The quantitative estimate of drug-likeness (QED) is 0.385. The van der Waals surface area contributed by atoms with E-state index < -0.39 is 0 Å². The minimum Gasteiger partial charge on any atom is -0.383 e. The van der Waals surface area contributed by atoms with Gasteiger partial charge < -0.3 is 20.4 Å². The van der Waals surface area contributed by atoms with E-state index in [-0.39, 0.29) is 42.1 Å². The first-order valence-corrected chi connectivity index (χ1v) is 12.4. The van der Waals surface area contributed by atoms with E-state index in [1.165, 1.54) is 18.5 Å². The Kier molecular flexibility index (Phi) is 5.71. The highest BCUT2D eigenvalue weighted by Crippen LogP contribution is 2.44. The number of anilines is 1. The van der Waals surface area contributed by atoms with Gasteiger partial charge in [0.15, 0.2) is 17.3 Å². The number of fused-ring (bicyclic) bond motifs is 3. The van der Waals surface area contributed by atoms with Crippen molar-refractivity contribution in [3.05, 3.63) is 48.2 Å². The van der Waals surface area contributed by atoms with E-state index in [0.29, 0.717) is 22.7 Å². The van der Waals surface area contributed by atoms with Gasteiger partial charge in [0.1, 0.15) is 18.1 Å². The summed E-state index contributed by atoms with van der Waals surface area (Å²) in [5.74, 6) is 0.856. The van der Waals surface area contributed by atoms with Gasteiger partial charge in [-0.3, -0.25) is 14.6 Å². The molecule has 2 saturated heterocycles. The molecule has 11 nitrogen and oxygen atoms in total. The van der Waals surface area contributed by atoms with Crippen molar-refractivity contribution < 1.29 is 14.3 Å². The van der Waals surface area contributed by atoms with Gasteiger partial charge in [-0.25, -0.2) is 9.97 Å². The number of aromatic amines is 1. The number of H-pyrrole nitrogens is 1. The SMILES string of the molecule is COCC(=O)N1[C@@H]2CC[C@H]1C[C@H](c1nc3c(-c4ccc(-c5ncc[nH]5)nc4)cnn3c(N)c1C(C)=O)C2. The van der Waals surface area contributed by atoms with Crippen LogP contribution in [-0.2, 0) is 9.53 Å². The number of nitrogen functional groups attached to an aromatic ring is 1. The normalized spacial score (nSPS) is 21.0. The maximum atomic E-state index is 12.8. The Morgan fingerprint density at radius 3 is 2.57 bits per heavy atom. The number of aromatic nitrogens is 6. The van der Waals surface area contributed by atoms with Crippen LogP contribution in [0.4, 0.5) is 5.82 Å². The number of pyridine rings is 1. The Labute approximate surface area is 213 Å². The number of carbonyl (C=O) groups excluding carboxylic acids is 2. The van der Waals surface area contributed by atoms with Crippen molar-refractivity contribution in [1.82, 2.24) is 34.4 Å². The molecule has 2 fully saturated rings. The molecule has 6 rings (SSSR count). The lowest BCUT2D eigenvalue weighted by Crippen LogP contribution is -2.47. The molecule has 4 aromatic rings. The maximum absolute atomic E-state index is 12.8. The van der Waals surface area contributed by atoms with Gasteiger partial charge in [-0.1, -0.05) is 6.07 Å². The van der Waals surface area contributed by atoms with Crippen molar-refractivity contribution in [2.45, 2.75) is 50.6 Å². The van der Waals surface area contributed by atoms with Crippen molar-refractivity contribution in [3.63, 3.8) is 0 Å². The molecular formula is C26H28N8O3. The predicted octanol–water partition coefficient (Wildman–Crippen LogP) is 2.85. The molecule has 0 radical (unpaired) electrons. The number of hydrogen-bond acceptors (Lipinski definition) is 8. The summed E-state index contributed by atoms with van der Waals surface area (Å²) < 4.78 is 6.63. The lowest BCUT2D eigenvalue weighted by Gasteiger charge is -2.39. The monoisotopic (exact) mass is 500 g/mol. The third-order valence-corrected chi connectivity index (χ3v) is 7.55. The predicted molar refractivity (Wildman–Crippen MR) is 136 cm³/mol. The molecule has 0 saturated carbocycles. The zero-order chi connectivity index (χ0) is 25.7. The molecule has 2 aliphatic rings. The number of rotatable bonds is 6. The molecule has 2 bridgehead atoms. The number of amides is 1. The molecule has 0 aliphatic carbocycles. The summed E-state index contributed by atoms with van der Waals surface area (Å²) in [4.78, 5) is 44.3. The molecule has 0 aromatic carbocycles. The summed E-state index contributed by atoms with van der Waals surface area (Å²) in [6.45, 7) is 1.59. The molecule has 2 aliphatic heterocycles. The summed E-state index contributed by atoms with van der Waals surface area (Å²) >= 11 is 0. The second-order valence-corrected chi connectivity index (χ2v) is 9.76. The van der Waals surface area contributed by atoms with Gasteiger partial charge in [-0.05, 0) is 38.7 Å². The first-order chi connectivity index (χ1) is 18.0. The van der Waals surface area contributed by atoms with Gasteiger partial charge in [0.25, 0.3) is 0 Å². The third-order valence-electron chi connectivity index (χ3n) is 7.55. The van der Waals surface area contributed by atoms with Crippen molar-refractivity contribution in [3.8, 4) is 22.6 Å². The first kappa shape index (κ1) is 23.3. The van der Waals surface area contributed by atoms with Crippen LogP contribution in [0.15, 0.2) is 36.9 Å². The van der Waals surface area contributed by atoms with E-state index in [2.05, 4.69) is 20.1 Å². The summed E-state index contributed by atoms with van der Waals surface area (Å²) in [6, 6.07) is 4.04. The molecular weight excluding hydrogens is 472 g/mol. The van der Waals surface area contributed by atoms with Crippen LogP contribution in [0.25, 0.3) is 28.3 Å². The molecule has 6 heterocycles. The number of nitrogens with zero attached hydrogens (tertiary/aromatic N) is 6. The van der Waals surface area contributed by atoms with Gasteiger partial charge in [0.05, 0.1) is 17.5 Å². The molecule has 37 heavy (non-hydrogen) atoms. The van der Waals surface area contributed by atoms with Gasteiger partial charge in [-0.2, -0.15) is 9.61 Å². The van der Waals surface area contributed by atoms with Crippen molar-refractivity contribution >= 4 is 23.2 Å². The number of piperidine rings is 1. The number of ketones is 1. The number of nitrogens with one attached hydrogen (secondary N) is 1. The summed E-state index contributed by atoms with van der Waals surface area (Å²) in [5.41, 5.74) is 10.6. The summed E-state index contributed by atoms with van der Waals surface area (Å²) in [5, 5.41) is 4.46. The van der Waals surface area contributed by atoms with E-state index >= 15 is 0 Å². The van der Waals surface area contributed by atoms with E-state index in [1.807, 2.05) is 17.0 Å². The molecule has 11 heteroatoms. The Morgan fingerprint density at radius 1 is 1.16 bits per heavy atom. The van der Waals surface area contributed by atoms with Gasteiger partial charge >= 0.3 is 0 Å². The van der Waals surface area contributed by atoms with Crippen molar-refractivity contribution in [2.75, 3.05) is 19.5 Å². The third kappa shape index (κ3) is 3.86. The molecule has 1 amide bonds. The van der Waals surface area contributed by atoms with Gasteiger partial charge in [0, 0.05) is 54.8 Å². The Bertz CT molecular complexity index is 1460. The molecule has 0 unspecified atom stereocenters. The van der Waals surface area contributed by atoms with Crippen LogP contribution in [0, 0.1) is 0 Å². The number of Topliss-reactive ketones (excluding diaryl/α,β-unsaturated/α-hetero) is 1. The van der Waals surface area contributed by atoms with Crippen molar-refractivity contribution in [1.29, 1.82) is 0 Å². The minimum absolute atomic E-state index is 0.0116. The van der Waals surface area contributed by atoms with Crippen LogP contribution in [0.3, 0.4) is 0 Å². The van der Waals surface area contributed by atoms with E-state index in [9.17, 15) is 9.59 Å². The molecule has 3 atom stereocenters. The fourth-order valence-corrected chi connectivity index (χ4v) is 6.00. The van der Waals surface area contributed by atoms with Crippen LogP contribution in [0.1, 0.15) is 54.6 Å². The number of carbonyl (C=O) groups is 2. The molecule has 190 valence electrons. The summed E-state index contributed by atoms with van der Waals surface area (Å²) in [7, 11) is 1.54. The molecule has 4 aromatic heterocycles. The highest BCUT2D eigenvalue weighted by atomic mass is 16.5. The molecule has 0 spiro atoms. The van der Waals surface area contributed by atoms with E-state index in [0.717, 1.165) is 42.5 Å². The largest absolute Gasteiger partial charge is 0.383 e. The first-order valence-electron chi connectivity index (χ1n) is 12.4. The lowest BCUT2D eigenvalue weighted by molar-refractivity contribution is -0.139. The zero-order valence-corrected chi connectivity index (χ0v) is 20.7. The Balaban J connectivity index is 1.40. The smallest absolute Gasteiger partial charge is 0.249 e. The zero-order valence-electron chi connectivity index (χ0n) is 20.7. The van der Waals surface area contributed by atoms with E-state index in [1.54, 1.807) is 24.8 Å². The highest BCUT2D eigenvalue weighted by Gasteiger charge is 2.44. The van der Waals surface area contributed by atoms with Crippen LogP contribution < -0.4 is 5.73 Å². The van der Waals surface area contributed by atoms with Crippen LogP contribution in [-0.4, -0.2) is 71.9 Å². The van der Waals surface area contributed by atoms with Crippen LogP contribution >= 0.6 is 0 Å². The number of imidazole rings is 1. The Morgan fingerprint density at radius 2 is 1.95 bits per heavy atom. The van der Waals surface area contributed by atoms with E-state index in [4.69, 9.17) is 15.5 Å². The average molecular weight is 501 g/mol. The lowest BCUT2D eigenvalue weighted by atomic mass is 9.85. The maximum Gasteiger partial charge on any atom is 0.249 e. The highest BCUT2D eigenvalue weighted by molar-refractivity contribution is 6.00. The van der Waals surface area contributed by atoms with Crippen molar-refractivity contribution in [2.24, 2.45) is 0 Å². The minimum atomic E-state index is -0.145. The van der Waals surface area contributed by atoms with Crippen LogP contribution in [0.2, 0.25) is 0 Å². The standard InChI is InChI=1S/C26H28N8O3/c1-14(35)22-23(16-9-17-4-5-18(10-16)33(17)21(36)13-37-2)32-26-19(12-31-34(26)24(22)27)15-3-6-20(30-11-15)25-28-7-8-29-25/h3,6-8,11-12,16-18H,4-5,9-10,13,27H2,1-2H3,(H,28,29)/t16-,17-,18+. The second-order valence-electron chi connectivity index (χ2n) is 9.76. The fourth-order valence-electron chi connectivity index (χ4n) is 6.00. The number of hydrogen-bond donors (Lipinski definition) is 2. The molecule has 3 N–H and O–H groups in total. The van der Waals surface area contributed by atoms with Gasteiger partial charge in [0.2, 0.25) is 5.91 Å². The topological polar surface area (TPSA) is 144 Å². The number of ether oxygens (including phenoxy) is 1. The summed E-state index contributed by atoms with van der Waals surface area (Å²) in [6.07, 6.45) is 10.2. The number of methoxy groups -OCH3 is 1. The van der Waals surface area contributed by atoms with Gasteiger partial charge in [-0.15, -0.1) is 0 Å². The fraction of sp³-hybridized carbons (Fsp3) is 0.385. The average Bonchev–Trinajstić information content (AvgIpc) is 3.62.